The predicted molar refractivity (Wildman–Crippen MR) is 86.0 cm³/mol. The van der Waals surface area contributed by atoms with E-state index in [2.05, 4.69) is 26.1 Å². The summed E-state index contributed by atoms with van der Waals surface area (Å²) in [7, 11) is 3.25. The first-order valence-electron chi connectivity index (χ1n) is 6.53. The van der Waals surface area contributed by atoms with Gasteiger partial charge in [-0.2, -0.15) is 0 Å². The van der Waals surface area contributed by atoms with E-state index in [1.54, 1.807) is 14.2 Å². The summed E-state index contributed by atoms with van der Waals surface area (Å²) in [5, 5.41) is 8.18. The highest BCUT2D eigenvalue weighted by molar-refractivity contribution is 9.10. The number of methoxy groups -OCH3 is 2. The summed E-state index contributed by atoms with van der Waals surface area (Å²) >= 11 is 3.44. The summed E-state index contributed by atoms with van der Waals surface area (Å²) in [4.78, 5) is 0. The van der Waals surface area contributed by atoms with Crippen LogP contribution in [-0.2, 0) is 0 Å². The Morgan fingerprint density at radius 3 is 2.09 bits per heavy atom. The highest BCUT2D eigenvalue weighted by Crippen LogP contribution is 2.31. The SMILES string of the molecule is COc1ccc(-c2nnc(-c3ccc(OC)c(Br)c3)o2)cc1. The van der Waals surface area contributed by atoms with Gasteiger partial charge in [-0.3, -0.25) is 0 Å². The standard InChI is InChI=1S/C16H13BrN2O3/c1-20-12-6-3-10(4-7-12)15-18-19-16(22-15)11-5-8-14(21-2)13(17)9-11/h3-9H,1-2H3. The minimum atomic E-state index is 0.453. The highest BCUT2D eigenvalue weighted by atomic mass is 79.9. The second-order valence-corrected chi connectivity index (χ2v) is 5.34. The second-order valence-electron chi connectivity index (χ2n) is 4.49. The lowest BCUT2D eigenvalue weighted by molar-refractivity contribution is 0.412. The number of aromatic nitrogens is 2. The minimum Gasteiger partial charge on any atom is -0.497 e. The molecule has 112 valence electrons. The van der Waals surface area contributed by atoms with Gasteiger partial charge in [0.25, 0.3) is 0 Å². The van der Waals surface area contributed by atoms with Crippen LogP contribution in [0.3, 0.4) is 0 Å². The van der Waals surface area contributed by atoms with Gasteiger partial charge < -0.3 is 13.9 Å². The molecule has 0 aliphatic carbocycles. The number of benzene rings is 2. The summed E-state index contributed by atoms with van der Waals surface area (Å²) in [5.74, 6) is 2.44. The molecule has 22 heavy (non-hydrogen) atoms. The average Bonchev–Trinajstić information content (AvgIpc) is 3.05. The first-order valence-corrected chi connectivity index (χ1v) is 7.32. The molecule has 6 heteroatoms. The van der Waals surface area contributed by atoms with Crippen LogP contribution in [0.5, 0.6) is 11.5 Å². The van der Waals surface area contributed by atoms with Crippen LogP contribution in [0.1, 0.15) is 0 Å². The van der Waals surface area contributed by atoms with Gasteiger partial charge in [0.15, 0.2) is 0 Å². The Morgan fingerprint density at radius 2 is 1.50 bits per heavy atom. The average molecular weight is 361 g/mol. The van der Waals surface area contributed by atoms with E-state index < -0.39 is 0 Å². The van der Waals surface area contributed by atoms with Crippen LogP contribution < -0.4 is 9.47 Å². The van der Waals surface area contributed by atoms with Gasteiger partial charge in [-0.25, -0.2) is 0 Å². The maximum absolute atomic E-state index is 5.73. The largest absolute Gasteiger partial charge is 0.497 e. The van der Waals surface area contributed by atoms with E-state index in [0.717, 1.165) is 27.1 Å². The lowest BCUT2D eigenvalue weighted by atomic mass is 10.2. The third-order valence-electron chi connectivity index (χ3n) is 3.16. The van der Waals surface area contributed by atoms with E-state index in [4.69, 9.17) is 13.9 Å². The van der Waals surface area contributed by atoms with Crippen LogP contribution in [0, 0.1) is 0 Å². The molecule has 0 aliphatic heterocycles. The van der Waals surface area contributed by atoms with Crippen molar-refractivity contribution in [2.24, 2.45) is 0 Å². The maximum Gasteiger partial charge on any atom is 0.248 e. The van der Waals surface area contributed by atoms with Gasteiger partial charge in [-0.15, -0.1) is 10.2 Å². The van der Waals surface area contributed by atoms with Gasteiger partial charge in [0.05, 0.1) is 18.7 Å². The van der Waals surface area contributed by atoms with Crippen molar-refractivity contribution in [3.8, 4) is 34.4 Å². The third kappa shape index (κ3) is 2.82. The van der Waals surface area contributed by atoms with Crippen LogP contribution >= 0.6 is 15.9 Å². The summed E-state index contributed by atoms with van der Waals surface area (Å²) < 4.78 is 16.9. The van der Waals surface area contributed by atoms with E-state index in [-0.39, 0.29) is 0 Å². The number of hydrogen-bond donors (Lipinski definition) is 0. The molecule has 3 rings (SSSR count). The predicted octanol–water partition coefficient (Wildman–Crippen LogP) is 4.18. The zero-order valence-corrected chi connectivity index (χ0v) is 13.6. The number of rotatable bonds is 4. The molecule has 0 radical (unpaired) electrons. The summed E-state index contributed by atoms with van der Waals surface area (Å²) in [6.45, 7) is 0. The van der Waals surface area contributed by atoms with Crippen molar-refractivity contribution in [3.63, 3.8) is 0 Å². The van der Waals surface area contributed by atoms with Crippen molar-refractivity contribution >= 4 is 15.9 Å². The van der Waals surface area contributed by atoms with Crippen molar-refractivity contribution in [1.82, 2.24) is 10.2 Å². The lowest BCUT2D eigenvalue weighted by Gasteiger charge is -2.03. The van der Waals surface area contributed by atoms with Crippen LogP contribution in [0.2, 0.25) is 0 Å². The second kappa shape index (κ2) is 6.19. The van der Waals surface area contributed by atoms with E-state index in [1.807, 2.05) is 42.5 Å². The van der Waals surface area contributed by atoms with Crippen LogP contribution in [0.25, 0.3) is 22.9 Å². The van der Waals surface area contributed by atoms with Gasteiger partial charge in [0.1, 0.15) is 11.5 Å². The monoisotopic (exact) mass is 360 g/mol. The number of ether oxygens (including phenoxy) is 2. The first-order chi connectivity index (χ1) is 10.7. The molecular formula is C16H13BrN2O3. The molecule has 0 fully saturated rings. The van der Waals surface area contributed by atoms with Crippen molar-refractivity contribution in [2.75, 3.05) is 14.2 Å². The molecule has 1 heterocycles. The Labute approximate surface area is 136 Å². The van der Waals surface area contributed by atoms with Gasteiger partial charge in [0.2, 0.25) is 11.8 Å². The van der Waals surface area contributed by atoms with E-state index in [0.29, 0.717) is 11.8 Å². The lowest BCUT2D eigenvalue weighted by Crippen LogP contribution is -1.85. The fraction of sp³-hybridized carbons (Fsp3) is 0.125. The Hall–Kier alpha value is -2.34. The normalized spacial score (nSPS) is 10.5. The molecule has 0 unspecified atom stereocenters. The minimum absolute atomic E-state index is 0.453. The van der Waals surface area contributed by atoms with E-state index in [1.165, 1.54) is 0 Å². The first kappa shape index (κ1) is 14.6. The Morgan fingerprint density at radius 1 is 0.864 bits per heavy atom. The fourth-order valence-corrected chi connectivity index (χ4v) is 2.53. The third-order valence-corrected chi connectivity index (χ3v) is 3.78. The van der Waals surface area contributed by atoms with Gasteiger partial charge >= 0.3 is 0 Å². The van der Waals surface area contributed by atoms with Crippen molar-refractivity contribution in [1.29, 1.82) is 0 Å². The van der Waals surface area contributed by atoms with E-state index in [9.17, 15) is 0 Å². The molecular weight excluding hydrogens is 348 g/mol. The maximum atomic E-state index is 5.73. The smallest absolute Gasteiger partial charge is 0.248 e. The number of hydrogen-bond acceptors (Lipinski definition) is 5. The van der Waals surface area contributed by atoms with E-state index >= 15 is 0 Å². The molecule has 1 aromatic heterocycles. The Kier molecular flexibility index (Phi) is 4.11. The molecule has 3 aromatic rings. The van der Waals surface area contributed by atoms with Crippen LogP contribution in [-0.4, -0.2) is 24.4 Å². The highest BCUT2D eigenvalue weighted by Gasteiger charge is 2.12. The summed E-state index contributed by atoms with van der Waals surface area (Å²) in [6, 6.07) is 13.0. The molecule has 0 saturated heterocycles. The van der Waals surface area contributed by atoms with Crippen LogP contribution in [0.15, 0.2) is 51.4 Å². The molecule has 0 saturated carbocycles. The molecule has 0 amide bonds. The fourth-order valence-electron chi connectivity index (χ4n) is 1.99. The molecule has 0 bridgehead atoms. The quantitative estimate of drug-likeness (QED) is 0.698. The van der Waals surface area contributed by atoms with Crippen molar-refractivity contribution < 1.29 is 13.9 Å². The molecule has 0 atom stereocenters. The Bertz CT molecular complexity index is 784. The zero-order chi connectivity index (χ0) is 15.5. The molecule has 0 N–H and O–H groups in total. The zero-order valence-electron chi connectivity index (χ0n) is 12.0. The van der Waals surface area contributed by atoms with Gasteiger partial charge in [0, 0.05) is 11.1 Å². The molecule has 5 nitrogen and oxygen atoms in total. The number of halogens is 1. The Balaban J connectivity index is 1.91. The molecule has 0 spiro atoms. The summed E-state index contributed by atoms with van der Waals surface area (Å²) in [6.07, 6.45) is 0. The number of nitrogens with zero attached hydrogens (tertiary/aromatic N) is 2. The van der Waals surface area contributed by atoms with Crippen LogP contribution in [0.4, 0.5) is 0 Å². The van der Waals surface area contributed by atoms with Gasteiger partial charge in [-0.1, -0.05) is 0 Å². The summed E-state index contributed by atoms with van der Waals surface area (Å²) in [5.41, 5.74) is 1.66. The van der Waals surface area contributed by atoms with Crippen molar-refractivity contribution in [2.45, 2.75) is 0 Å². The molecule has 0 aliphatic rings. The van der Waals surface area contributed by atoms with Crippen molar-refractivity contribution in [3.05, 3.63) is 46.9 Å². The topological polar surface area (TPSA) is 57.4 Å². The molecule has 2 aromatic carbocycles. The van der Waals surface area contributed by atoms with Gasteiger partial charge in [-0.05, 0) is 58.4 Å².